The third-order valence-corrected chi connectivity index (χ3v) is 5.10. The highest BCUT2D eigenvalue weighted by Crippen LogP contribution is 2.26. The summed E-state index contributed by atoms with van der Waals surface area (Å²) >= 11 is 0. The maximum Gasteiger partial charge on any atom is 0.237 e. The predicted molar refractivity (Wildman–Crippen MR) is 79.4 cm³/mol. The van der Waals surface area contributed by atoms with Crippen molar-refractivity contribution in [2.24, 2.45) is 0 Å². The number of aromatic nitrogens is 2. The van der Waals surface area contributed by atoms with Gasteiger partial charge in [-0.3, -0.25) is 9.89 Å². The fraction of sp³-hybridized carbons (Fsp3) is 0.692. The van der Waals surface area contributed by atoms with Gasteiger partial charge >= 0.3 is 0 Å². The molecule has 1 fully saturated rings. The number of likely N-dealkylation sites (N-methyl/N-ethyl adjacent to an activating group) is 1. The van der Waals surface area contributed by atoms with Crippen LogP contribution in [0.15, 0.2) is 6.07 Å². The first-order valence-corrected chi connectivity index (χ1v) is 8.83. The predicted octanol–water partition coefficient (Wildman–Crippen LogP) is 0.316. The number of carbonyl (C=O) groups is 1. The molecule has 0 aliphatic carbocycles. The highest BCUT2D eigenvalue weighted by Gasteiger charge is 2.27. The molecule has 1 N–H and O–H groups in total. The summed E-state index contributed by atoms with van der Waals surface area (Å²) in [5.74, 6) is 0.0658. The number of piperidine rings is 1. The largest absolute Gasteiger partial charge is 0.341 e. The van der Waals surface area contributed by atoms with E-state index in [-0.39, 0.29) is 18.4 Å². The molecule has 1 saturated heterocycles. The topological polar surface area (TPSA) is 86.4 Å². The van der Waals surface area contributed by atoms with Gasteiger partial charge in [0.05, 0.1) is 18.5 Å². The Balaban J connectivity index is 1.99. The van der Waals surface area contributed by atoms with Gasteiger partial charge in [0, 0.05) is 31.7 Å². The molecule has 0 spiro atoms. The first-order valence-electron chi connectivity index (χ1n) is 6.98. The smallest absolute Gasteiger partial charge is 0.237 e. The monoisotopic (exact) mass is 314 g/mol. The zero-order valence-electron chi connectivity index (χ0n) is 12.7. The second-order valence-electron chi connectivity index (χ2n) is 5.67. The quantitative estimate of drug-likeness (QED) is 0.867. The van der Waals surface area contributed by atoms with Crippen LogP contribution in [0.2, 0.25) is 0 Å². The summed E-state index contributed by atoms with van der Waals surface area (Å²) in [5.41, 5.74) is 1.98. The molecule has 2 heterocycles. The zero-order valence-corrected chi connectivity index (χ0v) is 13.5. The number of carbonyl (C=O) groups excluding carboxylic acids is 1. The van der Waals surface area contributed by atoms with E-state index in [1.165, 1.54) is 7.05 Å². The molecule has 0 saturated carbocycles. The summed E-state index contributed by atoms with van der Waals surface area (Å²) in [7, 11) is -1.91. The van der Waals surface area contributed by atoms with Gasteiger partial charge in [0.15, 0.2) is 0 Å². The number of likely N-dealkylation sites (tertiary alicyclic amines) is 1. The Kier molecular flexibility index (Phi) is 4.67. The minimum absolute atomic E-state index is 0.106. The van der Waals surface area contributed by atoms with Crippen molar-refractivity contribution in [2.45, 2.75) is 25.7 Å². The van der Waals surface area contributed by atoms with E-state index in [0.717, 1.165) is 34.8 Å². The van der Waals surface area contributed by atoms with Crippen LogP contribution < -0.4 is 0 Å². The molecular formula is C13H22N4O3S. The van der Waals surface area contributed by atoms with E-state index in [1.54, 1.807) is 4.90 Å². The lowest BCUT2D eigenvalue weighted by Crippen LogP contribution is -2.44. The molecule has 8 heteroatoms. The molecule has 1 amide bonds. The average Bonchev–Trinajstić information content (AvgIpc) is 2.84. The molecule has 1 atom stereocenters. The number of nitrogens with one attached hydrogen (secondary N) is 1. The Morgan fingerprint density at radius 2 is 2.29 bits per heavy atom. The lowest BCUT2D eigenvalue weighted by Gasteiger charge is -2.32. The Labute approximate surface area is 125 Å². The molecular weight excluding hydrogens is 292 g/mol. The summed E-state index contributed by atoms with van der Waals surface area (Å²) < 4.78 is 23.8. The highest BCUT2D eigenvalue weighted by molar-refractivity contribution is 7.88. The van der Waals surface area contributed by atoms with Crippen LogP contribution in [0.25, 0.3) is 0 Å². The Morgan fingerprint density at radius 3 is 2.86 bits per heavy atom. The maximum absolute atomic E-state index is 12.2. The fourth-order valence-electron chi connectivity index (χ4n) is 2.50. The zero-order chi connectivity index (χ0) is 15.6. The second-order valence-corrected chi connectivity index (χ2v) is 7.76. The number of H-pyrrole nitrogens is 1. The maximum atomic E-state index is 12.2. The first-order chi connectivity index (χ1) is 9.77. The van der Waals surface area contributed by atoms with Crippen molar-refractivity contribution in [1.82, 2.24) is 19.4 Å². The third-order valence-electron chi connectivity index (χ3n) is 3.84. The SMILES string of the molecule is Cc1cc([C@@H]2CCCN(C(=O)CN(C)S(C)(=O)=O)C2)n[nH]1. The van der Waals surface area contributed by atoms with Crippen LogP contribution in [0, 0.1) is 6.92 Å². The van der Waals surface area contributed by atoms with Gasteiger partial charge in [0.25, 0.3) is 0 Å². The van der Waals surface area contributed by atoms with Gasteiger partial charge in [0.1, 0.15) is 0 Å². The highest BCUT2D eigenvalue weighted by atomic mass is 32.2. The number of aromatic amines is 1. The van der Waals surface area contributed by atoms with E-state index >= 15 is 0 Å². The third kappa shape index (κ3) is 4.04. The number of nitrogens with zero attached hydrogens (tertiary/aromatic N) is 3. The van der Waals surface area contributed by atoms with Crippen LogP contribution >= 0.6 is 0 Å². The molecule has 0 unspecified atom stereocenters. The van der Waals surface area contributed by atoms with Crippen molar-refractivity contribution in [3.8, 4) is 0 Å². The number of aryl methyl sites for hydroxylation is 1. The summed E-state index contributed by atoms with van der Waals surface area (Å²) in [4.78, 5) is 14.0. The van der Waals surface area contributed by atoms with Crippen LogP contribution in [0.1, 0.15) is 30.1 Å². The van der Waals surface area contributed by atoms with Crippen LogP contribution in [0.4, 0.5) is 0 Å². The first kappa shape index (κ1) is 16.0. The van der Waals surface area contributed by atoms with Gasteiger partial charge in [-0.25, -0.2) is 8.42 Å². The van der Waals surface area contributed by atoms with Gasteiger partial charge in [-0.05, 0) is 25.8 Å². The van der Waals surface area contributed by atoms with Crippen LogP contribution in [0.5, 0.6) is 0 Å². The van der Waals surface area contributed by atoms with Crippen molar-refractivity contribution in [3.63, 3.8) is 0 Å². The fourth-order valence-corrected chi connectivity index (χ4v) is 2.85. The number of rotatable bonds is 4. The van der Waals surface area contributed by atoms with Crippen molar-refractivity contribution < 1.29 is 13.2 Å². The van der Waals surface area contributed by atoms with E-state index in [9.17, 15) is 13.2 Å². The number of hydrogen-bond donors (Lipinski definition) is 1. The standard InChI is InChI=1S/C13H22N4O3S/c1-10-7-12(15-14-10)11-5-4-6-17(8-11)13(18)9-16(2)21(3,19)20/h7,11H,4-6,8-9H2,1-3H3,(H,14,15)/t11-/m1/s1. The molecule has 2 rings (SSSR count). The van der Waals surface area contributed by atoms with Gasteiger partial charge in [-0.1, -0.05) is 0 Å². The lowest BCUT2D eigenvalue weighted by atomic mass is 9.94. The van der Waals surface area contributed by atoms with E-state index < -0.39 is 10.0 Å². The van der Waals surface area contributed by atoms with E-state index in [4.69, 9.17) is 0 Å². The summed E-state index contributed by atoms with van der Waals surface area (Å²) in [5, 5.41) is 7.19. The Bertz CT molecular complexity index is 611. The Hall–Kier alpha value is -1.41. The van der Waals surface area contributed by atoms with Crippen molar-refractivity contribution >= 4 is 15.9 Å². The molecule has 118 valence electrons. The minimum Gasteiger partial charge on any atom is -0.341 e. The molecule has 0 aromatic carbocycles. The van der Waals surface area contributed by atoms with Crippen LogP contribution in [0.3, 0.4) is 0 Å². The van der Waals surface area contributed by atoms with E-state index in [2.05, 4.69) is 10.2 Å². The molecule has 0 radical (unpaired) electrons. The van der Waals surface area contributed by atoms with Gasteiger partial charge in [-0.15, -0.1) is 0 Å². The van der Waals surface area contributed by atoms with Crippen molar-refractivity contribution in [2.75, 3.05) is 32.9 Å². The average molecular weight is 314 g/mol. The van der Waals surface area contributed by atoms with E-state index in [0.29, 0.717) is 13.1 Å². The van der Waals surface area contributed by atoms with E-state index in [1.807, 2.05) is 13.0 Å². The molecule has 1 aliphatic heterocycles. The molecule has 7 nitrogen and oxygen atoms in total. The molecule has 0 bridgehead atoms. The second kappa shape index (κ2) is 6.15. The normalized spacial score (nSPS) is 20.0. The van der Waals surface area contributed by atoms with Gasteiger partial charge in [-0.2, -0.15) is 9.40 Å². The number of amides is 1. The summed E-state index contributed by atoms with van der Waals surface area (Å²) in [6.07, 6.45) is 3.01. The minimum atomic E-state index is -3.33. The van der Waals surface area contributed by atoms with Crippen molar-refractivity contribution in [1.29, 1.82) is 0 Å². The van der Waals surface area contributed by atoms with Gasteiger partial charge in [0.2, 0.25) is 15.9 Å². The Morgan fingerprint density at radius 1 is 1.57 bits per heavy atom. The molecule has 1 aromatic heterocycles. The van der Waals surface area contributed by atoms with Crippen LogP contribution in [-0.2, 0) is 14.8 Å². The van der Waals surface area contributed by atoms with Crippen molar-refractivity contribution in [3.05, 3.63) is 17.5 Å². The molecule has 1 aromatic rings. The number of hydrogen-bond acceptors (Lipinski definition) is 4. The summed E-state index contributed by atoms with van der Waals surface area (Å²) in [6, 6.07) is 2.00. The van der Waals surface area contributed by atoms with Gasteiger partial charge < -0.3 is 4.90 Å². The lowest BCUT2D eigenvalue weighted by molar-refractivity contribution is -0.132. The summed E-state index contributed by atoms with van der Waals surface area (Å²) in [6.45, 7) is 3.12. The van der Waals surface area contributed by atoms with Crippen LogP contribution in [-0.4, -0.2) is 66.7 Å². The molecule has 1 aliphatic rings. The molecule has 21 heavy (non-hydrogen) atoms. The number of sulfonamides is 1.